The fourth-order valence-corrected chi connectivity index (χ4v) is 8.50. The molecule has 0 amide bonds. The molecule has 0 aromatic rings. The van der Waals surface area contributed by atoms with Crippen molar-refractivity contribution in [2.24, 2.45) is 45.8 Å². The van der Waals surface area contributed by atoms with Crippen LogP contribution in [0.2, 0.25) is 0 Å². The first-order valence-electron chi connectivity index (χ1n) is 11.1. The molecule has 0 spiro atoms. The summed E-state index contributed by atoms with van der Waals surface area (Å²) in [5.74, 6) is 3.47. The average molecular weight is 363 g/mol. The fraction of sp³-hybridized carbons (Fsp3) is 0.957. The zero-order chi connectivity index (χ0) is 18.7. The molecule has 26 heavy (non-hydrogen) atoms. The summed E-state index contributed by atoms with van der Waals surface area (Å²) in [5, 5.41) is 20.0. The van der Waals surface area contributed by atoms with Gasteiger partial charge in [0.25, 0.3) is 0 Å². The Kier molecular flexibility index (Phi) is 4.59. The van der Waals surface area contributed by atoms with E-state index < -0.39 is 0 Å². The predicted molar refractivity (Wildman–Crippen MR) is 103 cm³/mol. The second-order valence-corrected chi connectivity index (χ2v) is 10.9. The van der Waals surface area contributed by atoms with Crippen LogP contribution in [0.4, 0.5) is 0 Å². The highest BCUT2D eigenvalue weighted by Crippen LogP contribution is 2.68. The third-order valence-electron chi connectivity index (χ3n) is 10.0. The lowest BCUT2D eigenvalue weighted by molar-refractivity contribution is -0.158. The minimum absolute atomic E-state index is 0.0716. The number of aliphatic hydroxyl groups is 2. The summed E-state index contributed by atoms with van der Waals surface area (Å²) < 4.78 is 0. The van der Waals surface area contributed by atoms with Gasteiger partial charge in [-0.15, -0.1) is 0 Å². The first-order chi connectivity index (χ1) is 12.3. The normalized spacial score (nSPS) is 48.7. The molecule has 2 N–H and O–H groups in total. The Morgan fingerprint density at radius 1 is 1.00 bits per heavy atom. The molecule has 0 aromatic heterocycles. The number of Topliss-reactive ketones (excluding diaryl/α,β-unsaturated/α-hetero) is 1. The van der Waals surface area contributed by atoms with E-state index in [1.165, 1.54) is 32.1 Å². The van der Waals surface area contributed by atoms with Crippen molar-refractivity contribution in [3.63, 3.8) is 0 Å². The molecule has 0 bridgehead atoms. The van der Waals surface area contributed by atoms with Crippen molar-refractivity contribution in [2.75, 3.05) is 13.2 Å². The monoisotopic (exact) mass is 362 g/mol. The molecule has 4 saturated carbocycles. The van der Waals surface area contributed by atoms with Crippen LogP contribution in [0.15, 0.2) is 0 Å². The number of carbonyl (C=O) groups excluding carboxylic acids is 1. The summed E-state index contributed by atoms with van der Waals surface area (Å²) in [6.45, 7) is 6.97. The summed E-state index contributed by atoms with van der Waals surface area (Å²) in [7, 11) is 0. The van der Waals surface area contributed by atoms with Gasteiger partial charge in [-0.25, -0.2) is 0 Å². The third-order valence-corrected chi connectivity index (χ3v) is 10.0. The molecule has 0 aliphatic heterocycles. The first-order valence-corrected chi connectivity index (χ1v) is 11.1. The SMILES string of the molecule is CC(CO)(CO)[C@H]1CC[C@H]2[C@@H]3CC[C@@H]4CCCC(=O)[C@]4(C)[C@H]3CC[C@]12C. The number of carbonyl (C=O) groups is 1. The second-order valence-electron chi connectivity index (χ2n) is 10.9. The van der Waals surface area contributed by atoms with E-state index >= 15 is 0 Å². The Balaban J connectivity index is 1.65. The largest absolute Gasteiger partial charge is 0.396 e. The molecule has 0 heterocycles. The standard InChI is InChI=1S/C23H38O3/c1-21(13-24,14-25)19-10-9-17-16-8-7-15-5-4-6-20(26)23(15,3)18(16)11-12-22(17,19)2/h15-19,24-25H,4-14H2,1-3H3/t15-,16-,17-,18-,19+,22-,23-/m0/s1. The van der Waals surface area contributed by atoms with Crippen LogP contribution in [0.3, 0.4) is 0 Å². The molecule has 3 heteroatoms. The minimum Gasteiger partial charge on any atom is -0.396 e. The number of hydrogen-bond donors (Lipinski definition) is 2. The van der Waals surface area contributed by atoms with Crippen LogP contribution in [0.1, 0.15) is 78.6 Å². The number of rotatable bonds is 3. The summed E-state index contributed by atoms with van der Waals surface area (Å²) in [5.41, 5.74) is -0.238. The topological polar surface area (TPSA) is 57.5 Å². The highest BCUT2D eigenvalue weighted by molar-refractivity contribution is 5.86. The van der Waals surface area contributed by atoms with Gasteiger partial charge in [0, 0.05) is 17.3 Å². The minimum atomic E-state index is -0.377. The van der Waals surface area contributed by atoms with Gasteiger partial charge in [0.2, 0.25) is 0 Å². The maximum Gasteiger partial charge on any atom is 0.139 e. The van der Waals surface area contributed by atoms with Gasteiger partial charge in [0.05, 0.1) is 13.2 Å². The van der Waals surface area contributed by atoms with E-state index in [0.29, 0.717) is 35.4 Å². The van der Waals surface area contributed by atoms with Crippen LogP contribution in [0.5, 0.6) is 0 Å². The van der Waals surface area contributed by atoms with E-state index in [0.717, 1.165) is 25.7 Å². The van der Waals surface area contributed by atoms with Crippen molar-refractivity contribution in [3.05, 3.63) is 0 Å². The van der Waals surface area contributed by atoms with E-state index in [-0.39, 0.29) is 29.5 Å². The van der Waals surface area contributed by atoms with Crippen LogP contribution >= 0.6 is 0 Å². The second kappa shape index (κ2) is 6.30. The maximum absolute atomic E-state index is 13.0. The van der Waals surface area contributed by atoms with Crippen molar-refractivity contribution in [3.8, 4) is 0 Å². The molecule has 0 unspecified atom stereocenters. The molecule has 0 radical (unpaired) electrons. The Morgan fingerprint density at radius 2 is 1.73 bits per heavy atom. The van der Waals surface area contributed by atoms with E-state index in [1.54, 1.807) is 0 Å². The van der Waals surface area contributed by atoms with Crippen LogP contribution in [0.25, 0.3) is 0 Å². The fourth-order valence-electron chi connectivity index (χ4n) is 8.50. The Hall–Kier alpha value is -0.410. The van der Waals surface area contributed by atoms with Crippen molar-refractivity contribution in [1.82, 2.24) is 0 Å². The van der Waals surface area contributed by atoms with Crippen LogP contribution < -0.4 is 0 Å². The lowest BCUT2D eigenvalue weighted by Crippen LogP contribution is -2.57. The zero-order valence-electron chi connectivity index (χ0n) is 17.0. The lowest BCUT2D eigenvalue weighted by Gasteiger charge is -2.60. The zero-order valence-corrected chi connectivity index (χ0v) is 17.0. The van der Waals surface area contributed by atoms with Gasteiger partial charge in [0.1, 0.15) is 5.78 Å². The van der Waals surface area contributed by atoms with Crippen molar-refractivity contribution >= 4 is 5.78 Å². The number of ketones is 1. The van der Waals surface area contributed by atoms with Crippen LogP contribution in [-0.4, -0.2) is 29.2 Å². The average Bonchev–Trinajstić information content (AvgIpc) is 3.00. The van der Waals surface area contributed by atoms with Gasteiger partial charge >= 0.3 is 0 Å². The Morgan fingerprint density at radius 3 is 2.42 bits per heavy atom. The van der Waals surface area contributed by atoms with E-state index in [1.807, 2.05) is 0 Å². The predicted octanol–water partition coefficient (Wildman–Crippen LogP) is 4.21. The van der Waals surface area contributed by atoms with Crippen molar-refractivity contribution in [1.29, 1.82) is 0 Å². The number of aliphatic hydroxyl groups excluding tert-OH is 2. The number of hydrogen-bond acceptors (Lipinski definition) is 3. The van der Waals surface area contributed by atoms with Gasteiger partial charge in [-0.2, -0.15) is 0 Å². The molecular weight excluding hydrogens is 324 g/mol. The summed E-state index contributed by atoms with van der Waals surface area (Å²) in [4.78, 5) is 13.0. The quantitative estimate of drug-likeness (QED) is 0.791. The van der Waals surface area contributed by atoms with E-state index in [4.69, 9.17) is 0 Å². The number of fused-ring (bicyclic) bond motifs is 5. The summed E-state index contributed by atoms with van der Waals surface area (Å²) in [6.07, 6.45) is 10.3. The lowest BCUT2D eigenvalue weighted by atomic mass is 9.44. The van der Waals surface area contributed by atoms with Gasteiger partial charge in [0.15, 0.2) is 0 Å². The Bertz CT molecular complexity index is 568. The molecule has 0 aromatic carbocycles. The van der Waals surface area contributed by atoms with Crippen molar-refractivity contribution < 1.29 is 15.0 Å². The molecule has 4 rings (SSSR count). The molecule has 7 atom stereocenters. The van der Waals surface area contributed by atoms with E-state index in [9.17, 15) is 15.0 Å². The van der Waals surface area contributed by atoms with Crippen molar-refractivity contribution in [2.45, 2.75) is 78.6 Å². The summed E-state index contributed by atoms with van der Waals surface area (Å²) >= 11 is 0. The molecule has 4 aliphatic rings. The van der Waals surface area contributed by atoms with Gasteiger partial charge in [-0.1, -0.05) is 20.8 Å². The van der Waals surface area contributed by atoms with Gasteiger partial charge < -0.3 is 10.2 Å². The summed E-state index contributed by atoms with van der Waals surface area (Å²) in [6, 6.07) is 0. The molecular formula is C23H38O3. The maximum atomic E-state index is 13.0. The van der Waals surface area contributed by atoms with Gasteiger partial charge in [-0.05, 0) is 86.4 Å². The van der Waals surface area contributed by atoms with Crippen LogP contribution in [0, 0.1) is 45.8 Å². The molecule has 4 aliphatic carbocycles. The third kappa shape index (κ3) is 2.35. The first kappa shape index (κ1) is 18.9. The highest BCUT2D eigenvalue weighted by Gasteiger charge is 2.63. The highest BCUT2D eigenvalue weighted by atomic mass is 16.3. The Labute approximate surface area is 158 Å². The molecule has 0 saturated heterocycles. The van der Waals surface area contributed by atoms with E-state index in [2.05, 4.69) is 20.8 Å². The smallest absolute Gasteiger partial charge is 0.139 e. The van der Waals surface area contributed by atoms with Gasteiger partial charge in [-0.3, -0.25) is 4.79 Å². The molecule has 3 nitrogen and oxygen atoms in total. The molecule has 4 fully saturated rings. The van der Waals surface area contributed by atoms with Crippen LogP contribution in [-0.2, 0) is 4.79 Å². The molecule has 148 valence electrons.